The second-order valence-corrected chi connectivity index (χ2v) is 43.7. The summed E-state index contributed by atoms with van der Waals surface area (Å²) in [6.45, 7) is 33.9. The minimum atomic E-state index is -1.32. The molecule has 0 fully saturated rings. The van der Waals surface area contributed by atoms with Crippen molar-refractivity contribution in [2.24, 2.45) is 10.3 Å². The number of azide groups is 1. The van der Waals surface area contributed by atoms with Gasteiger partial charge in [0.1, 0.15) is 60.2 Å². The Labute approximate surface area is 801 Å². The third-order valence-corrected chi connectivity index (χ3v) is 21.6. The van der Waals surface area contributed by atoms with Gasteiger partial charge in [-0.2, -0.15) is 0 Å². The summed E-state index contributed by atoms with van der Waals surface area (Å²) in [5, 5.41) is 35.9. The first-order valence-electron chi connectivity index (χ1n) is 42.4. The molecular weight excluding hydrogens is 1780 g/mol. The van der Waals surface area contributed by atoms with Crippen LogP contribution in [0.3, 0.4) is 0 Å². The van der Waals surface area contributed by atoms with E-state index in [1.165, 1.54) is 55.3 Å². The van der Waals surface area contributed by atoms with Crippen LogP contribution in [0.1, 0.15) is 131 Å². The van der Waals surface area contributed by atoms with Crippen molar-refractivity contribution in [3.8, 4) is 53.4 Å². The van der Waals surface area contributed by atoms with Crippen LogP contribution in [0.15, 0.2) is 241 Å². The number of nitrogens with zero attached hydrogens (tertiary/aromatic N) is 9. The summed E-state index contributed by atoms with van der Waals surface area (Å²) in [5.41, 5.74) is 31.2. The zero-order valence-corrected chi connectivity index (χ0v) is 83.0. The molecule has 0 radical (unpaired) electrons. The molecule has 9 aromatic carbocycles. The highest BCUT2D eigenvalue weighted by Gasteiger charge is 2.27. The molecule has 0 aliphatic heterocycles. The lowest BCUT2D eigenvalue weighted by Crippen LogP contribution is -2.16. The molecule has 2 N–H and O–H groups in total. The van der Waals surface area contributed by atoms with E-state index in [-0.39, 0.29) is 17.9 Å². The van der Waals surface area contributed by atoms with Gasteiger partial charge < -0.3 is 24.5 Å². The average molecular weight is 1890 g/mol. The fraction of sp³-hybridized carbons (Fsp3) is 0.231. The molecule has 682 valence electrons. The molecule has 16 rings (SSSR count). The second-order valence-electron chi connectivity index (χ2n) is 32.7. The number of pyridine rings is 5. The number of terminal acetylenes is 2. The molecule has 0 spiro atoms. The molecule has 0 amide bonds. The fourth-order valence-corrected chi connectivity index (χ4v) is 13.4. The summed E-state index contributed by atoms with van der Waals surface area (Å²) in [4.78, 5) is 77.0. The number of aliphatic carboxylic acids is 1. The number of carboxylic acid groups (broad SMARTS) is 1. The summed E-state index contributed by atoms with van der Waals surface area (Å²) in [5.74, 6) is 10.5. The Morgan fingerprint density at radius 3 is 1.41 bits per heavy atom. The normalized spacial score (nSPS) is 11.2. The maximum Gasteiger partial charge on any atom is 0.403 e. The smallest absolute Gasteiger partial charge is 0.403 e. The number of aromatic nitrogens is 5. The molecule has 5 heterocycles. The number of hydrogen-bond acceptors (Lipinski definition) is 16. The predicted molar refractivity (Wildman–Crippen MR) is 549 cm³/mol. The number of aryl methyl sites for hydroxylation is 10. The van der Waals surface area contributed by atoms with E-state index in [0.717, 1.165) is 88.8 Å². The third-order valence-electron chi connectivity index (χ3n) is 19.0. The number of oxime groups is 1. The monoisotopic (exact) mass is 1890 g/mol. The average Bonchev–Trinajstić information content (AvgIpc) is 1.64. The van der Waals surface area contributed by atoms with Crippen LogP contribution < -0.4 is 4.74 Å². The van der Waals surface area contributed by atoms with Crippen molar-refractivity contribution in [3.05, 3.63) is 352 Å². The van der Waals surface area contributed by atoms with Crippen LogP contribution in [0.25, 0.3) is 64.3 Å². The molecule has 0 saturated carbocycles. The van der Waals surface area contributed by atoms with Gasteiger partial charge in [0.25, 0.3) is 0 Å². The molecule has 25 heteroatoms. The topological polar surface area (TPSA) is 279 Å². The van der Waals surface area contributed by atoms with Gasteiger partial charge in [-0.15, -0.1) is 23.9 Å². The van der Waals surface area contributed by atoms with Crippen molar-refractivity contribution >= 4 is 151 Å². The molecule has 5 aromatic heterocycles. The number of ketones is 2. The predicted octanol–water partition coefficient (Wildman–Crippen LogP) is 26.9. The number of carbonyl (C=O) groups excluding carboxylic acids is 4. The SMILES string of the molecule is C#C[Si](C)(C)C.C#Cc1cc2ccc(C)cc2cn1.CCOC(=O)C#Cc1cc2ccc(C)cc2cn1.CCOC(=O)Cl.COc1ccc(CN=[N+]=[N-])cc1.Cc1ccc(CCC(=O)O)cc1.Cc1ccc2c(c1)C(=O)/C(=N/O)C2.Cc1ccc2c(c1)C(=O)CC2.Cc1ccc2cc(C#C[Si](C)(C)C)ncc2c1.Cc1ccc2cc(Cl)nc(Cl)c2c1.Cc1ccc2cc(Cl)ncc2c1. The number of Topliss-reactive ketones (excluding diaryl/α,β-unsaturated/α-hetero) is 2. The molecule has 19 nitrogen and oxygen atoms in total. The van der Waals surface area contributed by atoms with Gasteiger partial charge in [-0.05, 0) is 228 Å². The zero-order chi connectivity index (χ0) is 97.9. The first-order chi connectivity index (χ1) is 63.2. The van der Waals surface area contributed by atoms with Gasteiger partial charge in [0, 0.05) is 105 Å². The number of esters is 1. The Hall–Kier alpha value is -13.8. The third kappa shape index (κ3) is 39.4. The Morgan fingerprint density at radius 1 is 0.504 bits per heavy atom. The number of methoxy groups -OCH3 is 1. The van der Waals surface area contributed by atoms with E-state index < -0.39 is 33.5 Å². The number of carboxylic acids is 1. The van der Waals surface area contributed by atoms with Gasteiger partial charge in [0.15, 0.2) is 5.78 Å². The van der Waals surface area contributed by atoms with E-state index >= 15 is 0 Å². The standard InChI is InChI=1S/C15H13NO2.C15H17NSi.C12H9N.C10H7Cl2N.C10H8ClN.C10H9NO2.C10H12O2.C10H10O.C8H9N3O.C5H10Si.C3H5ClO2/c1-3-18-15(17)7-6-14-9-12-5-4-11(2)8-13(12)10-16-14;1-12-5-6-13-10-15(7-8-17(2,3)4)16-11-14(13)9-12;1-3-12-7-10-5-4-9(2)6-11(10)8-13-12;1-6-2-3-7-5-9(11)13-10(12)8(7)4-6;1-7-2-3-8-5-10(11)12-6-9(8)4-7;1-6-2-3-7-5-9(11-13)10(12)8(7)4-6;1-8-2-4-9(5-3-8)6-7-10(11)12;1-7-2-3-8-4-5-10(11)9(8)6-7;1-12-8-4-2-7(3-5-8)6-10-11-9;1-5-6(2,3)4;1-2-6-3(4)5/h4-5,8-10H,3H2,1-2H3;5-6,9-11H,1-4H3;1,4-8H,2H3;2-5H,1H3;2-6H,1H3;2-4,13H,5H2,1H3;2-5H,6-7H2,1H3,(H,11,12);2-3,6H,4-5H2,1H3;2-5H,6H2,1H3;1H,2-4H3;2H2,1H3/b;;;;;11-9+;;;;;. The largest absolute Gasteiger partial charge is 0.497 e. The van der Waals surface area contributed by atoms with E-state index in [2.05, 4.69) is 219 Å². The zero-order valence-electron chi connectivity index (χ0n) is 77.9. The Balaban J connectivity index is 0.000000227. The fourth-order valence-electron chi connectivity index (χ4n) is 12.1. The van der Waals surface area contributed by atoms with E-state index in [4.69, 9.17) is 84.6 Å². The second kappa shape index (κ2) is 54.7. The van der Waals surface area contributed by atoms with Gasteiger partial charge in [-0.25, -0.2) is 34.5 Å². The Bertz CT molecular complexity index is 6690. The van der Waals surface area contributed by atoms with Crippen LogP contribution in [0.5, 0.6) is 5.75 Å². The van der Waals surface area contributed by atoms with Crippen molar-refractivity contribution < 1.29 is 48.5 Å². The summed E-state index contributed by atoms with van der Waals surface area (Å²) in [6, 6.07) is 67.7. The molecule has 2 aliphatic carbocycles. The lowest BCUT2D eigenvalue weighted by Gasteiger charge is -2.03. The van der Waals surface area contributed by atoms with Crippen LogP contribution in [-0.2, 0) is 44.9 Å². The number of fused-ring (bicyclic) bond motifs is 7. The molecule has 0 atom stereocenters. The Morgan fingerprint density at radius 2 is 0.940 bits per heavy atom. The molecule has 0 saturated heterocycles. The van der Waals surface area contributed by atoms with Crippen LogP contribution >= 0.6 is 46.4 Å². The summed E-state index contributed by atoms with van der Waals surface area (Å²) < 4.78 is 13.9. The van der Waals surface area contributed by atoms with Gasteiger partial charge >= 0.3 is 17.4 Å². The number of benzene rings is 9. The number of hydrogen-bond donors (Lipinski definition) is 2. The molecule has 133 heavy (non-hydrogen) atoms. The quantitative estimate of drug-likeness (QED) is 0.0137. The lowest BCUT2D eigenvalue weighted by molar-refractivity contribution is -0.137. The van der Waals surface area contributed by atoms with Gasteiger partial charge in [0.05, 0.1) is 26.9 Å². The van der Waals surface area contributed by atoms with Crippen molar-refractivity contribution in [1.29, 1.82) is 0 Å². The van der Waals surface area contributed by atoms with E-state index in [9.17, 15) is 24.0 Å². The van der Waals surface area contributed by atoms with Crippen LogP contribution in [0, 0.1) is 103 Å². The number of carbonyl (C=O) groups is 5. The highest BCUT2D eigenvalue weighted by molar-refractivity contribution is 6.84. The Kier molecular flexibility index (Phi) is 44.4. The summed E-state index contributed by atoms with van der Waals surface area (Å²) in [7, 11) is -0.807. The highest BCUT2D eigenvalue weighted by Crippen LogP contribution is 2.28. The van der Waals surface area contributed by atoms with Gasteiger partial charge in [-0.1, -0.05) is 262 Å². The van der Waals surface area contributed by atoms with Crippen LogP contribution in [0.2, 0.25) is 54.7 Å². The molecular formula is C108H109Cl4N9O10Si2. The van der Waals surface area contributed by atoms with E-state index in [0.29, 0.717) is 77.2 Å². The van der Waals surface area contributed by atoms with Crippen molar-refractivity contribution in [1.82, 2.24) is 24.9 Å². The minimum absolute atomic E-state index is 0.152. The van der Waals surface area contributed by atoms with Gasteiger partial charge in [-0.3, -0.25) is 14.4 Å². The first-order valence-corrected chi connectivity index (χ1v) is 50.9. The molecule has 0 unspecified atom stereocenters. The lowest BCUT2D eigenvalue weighted by atomic mass is 10.1. The van der Waals surface area contributed by atoms with Crippen LogP contribution in [-0.4, -0.2) is 106 Å². The summed E-state index contributed by atoms with van der Waals surface area (Å²) in [6.07, 6.45) is 20.6. The molecule has 14 aromatic rings. The number of rotatable bonds is 8. The maximum absolute atomic E-state index is 11.5. The van der Waals surface area contributed by atoms with E-state index in [1.807, 2.05) is 174 Å². The molecule has 0 bridgehead atoms. The summed E-state index contributed by atoms with van der Waals surface area (Å²) >= 11 is 22.2. The number of ether oxygens (including phenoxy) is 3. The number of halogens is 4. The highest BCUT2D eigenvalue weighted by atomic mass is 35.5. The van der Waals surface area contributed by atoms with Crippen molar-refractivity contribution in [2.75, 3.05) is 20.3 Å². The van der Waals surface area contributed by atoms with Gasteiger partial charge in [0.2, 0.25) is 5.78 Å². The first kappa shape index (κ1) is 108. The molecule has 2 aliphatic rings. The van der Waals surface area contributed by atoms with Crippen molar-refractivity contribution in [2.45, 2.75) is 147 Å². The van der Waals surface area contributed by atoms with Crippen LogP contribution in [0.4, 0.5) is 4.79 Å². The van der Waals surface area contributed by atoms with Crippen molar-refractivity contribution in [3.63, 3.8) is 0 Å². The maximum atomic E-state index is 11.5. The van der Waals surface area contributed by atoms with E-state index in [1.54, 1.807) is 33.4 Å². The minimum Gasteiger partial charge on any atom is -0.497 e.